The van der Waals surface area contributed by atoms with Gasteiger partial charge in [0.1, 0.15) is 5.69 Å². The Hall–Kier alpha value is -1.73. The van der Waals surface area contributed by atoms with Crippen molar-refractivity contribution in [2.75, 3.05) is 6.61 Å². The van der Waals surface area contributed by atoms with Gasteiger partial charge in [0.25, 0.3) is 0 Å². The summed E-state index contributed by atoms with van der Waals surface area (Å²) in [4.78, 5) is 12.1. The fourth-order valence-electron chi connectivity index (χ4n) is 2.00. The fourth-order valence-corrected chi connectivity index (χ4v) is 2.77. The van der Waals surface area contributed by atoms with Crippen molar-refractivity contribution in [2.24, 2.45) is 0 Å². The van der Waals surface area contributed by atoms with Crippen LogP contribution in [0.3, 0.4) is 0 Å². The molecule has 0 aliphatic rings. The molecule has 20 heavy (non-hydrogen) atoms. The summed E-state index contributed by atoms with van der Waals surface area (Å²) in [6.07, 6.45) is 3.63. The molecular weight excluding hydrogens is 278 g/mol. The first kappa shape index (κ1) is 14.7. The van der Waals surface area contributed by atoms with E-state index in [1.807, 2.05) is 17.5 Å². The minimum atomic E-state index is -1.06. The van der Waals surface area contributed by atoms with Crippen molar-refractivity contribution in [3.05, 3.63) is 23.2 Å². The number of carboxylic acid groups (broad SMARTS) is 1. The van der Waals surface area contributed by atoms with Gasteiger partial charge in [-0.05, 0) is 24.3 Å². The molecule has 7 heteroatoms. The van der Waals surface area contributed by atoms with Gasteiger partial charge in [-0.25, -0.2) is 9.48 Å². The van der Waals surface area contributed by atoms with Crippen LogP contribution < -0.4 is 0 Å². The third-order valence-electron chi connectivity index (χ3n) is 2.97. The Morgan fingerprint density at radius 3 is 2.75 bits per heavy atom. The largest absolute Gasteiger partial charge is 0.476 e. The number of thiophene rings is 1. The summed E-state index contributed by atoms with van der Waals surface area (Å²) in [7, 11) is 0. The molecule has 0 aromatic carbocycles. The van der Waals surface area contributed by atoms with Crippen molar-refractivity contribution in [1.82, 2.24) is 15.0 Å². The summed E-state index contributed by atoms with van der Waals surface area (Å²) >= 11 is 1.48. The molecule has 0 amide bonds. The number of aromatic nitrogens is 3. The third-order valence-corrected chi connectivity index (χ3v) is 3.85. The number of hydrogen-bond donors (Lipinski definition) is 2. The van der Waals surface area contributed by atoms with Crippen LogP contribution in [0.15, 0.2) is 17.5 Å². The van der Waals surface area contributed by atoms with E-state index in [0.29, 0.717) is 12.2 Å². The normalized spacial score (nSPS) is 10.8. The van der Waals surface area contributed by atoms with E-state index >= 15 is 0 Å². The number of carbonyl (C=O) groups is 1. The number of aryl methyl sites for hydroxylation is 1. The quantitative estimate of drug-likeness (QED) is 0.729. The molecule has 2 aromatic heterocycles. The van der Waals surface area contributed by atoms with Gasteiger partial charge >= 0.3 is 5.97 Å². The lowest BCUT2D eigenvalue weighted by Gasteiger charge is -2.05. The van der Waals surface area contributed by atoms with Crippen molar-refractivity contribution in [2.45, 2.75) is 32.2 Å². The van der Waals surface area contributed by atoms with Crippen LogP contribution in [-0.2, 0) is 6.54 Å². The highest BCUT2D eigenvalue weighted by Crippen LogP contribution is 2.27. The maximum atomic E-state index is 11.2. The number of aliphatic hydroxyl groups excluding tert-OH is 1. The highest BCUT2D eigenvalue weighted by atomic mass is 32.1. The standard InChI is InChI=1S/C13H17N3O3S/c17-8-4-2-1-3-7-16-12(10-6-5-9-20-10)11(13(18)19)14-15-16/h5-6,9,17H,1-4,7-8H2,(H,18,19). The van der Waals surface area contributed by atoms with Gasteiger partial charge in [-0.15, -0.1) is 16.4 Å². The second-order valence-corrected chi connectivity index (χ2v) is 5.38. The van der Waals surface area contributed by atoms with Crippen molar-refractivity contribution in [1.29, 1.82) is 0 Å². The van der Waals surface area contributed by atoms with Gasteiger partial charge in [-0.1, -0.05) is 24.1 Å². The maximum Gasteiger partial charge on any atom is 0.358 e. The van der Waals surface area contributed by atoms with Crippen LogP contribution in [-0.4, -0.2) is 37.8 Å². The summed E-state index contributed by atoms with van der Waals surface area (Å²) in [5.41, 5.74) is 0.581. The molecule has 0 aliphatic heterocycles. The molecule has 6 nitrogen and oxygen atoms in total. The van der Waals surface area contributed by atoms with Gasteiger partial charge in [-0.2, -0.15) is 0 Å². The molecule has 0 unspecified atom stereocenters. The average Bonchev–Trinajstić information content (AvgIpc) is 3.06. The molecule has 0 saturated carbocycles. The number of nitrogens with zero attached hydrogens (tertiary/aromatic N) is 3. The van der Waals surface area contributed by atoms with Crippen LogP contribution in [0, 0.1) is 0 Å². The topological polar surface area (TPSA) is 88.2 Å². The van der Waals surface area contributed by atoms with Gasteiger partial charge in [0, 0.05) is 13.2 Å². The second kappa shape index (κ2) is 7.16. The van der Waals surface area contributed by atoms with E-state index in [-0.39, 0.29) is 12.3 Å². The average molecular weight is 295 g/mol. The van der Waals surface area contributed by atoms with Crippen LogP contribution in [0.25, 0.3) is 10.6 Å². The summed E-state index contributed by atoms with van der Waals surface area (Å²) in [6, 6.07) is 3.75. The summed E-state index contributed by atoms with van der Waals surface area (Å²) in [5.74, 6) is -1.06. The molecule has 2 rings (SSSR count). The number of rotatable bonds is 8. The molecule has 108 valence electrons. The number of carboxylic acids is 1. The van der Waals surface area contributed by atoms with Gasteiger partial charge in [0.15, 0.2) is 5.69 Å². The molecule has 0 saturated heterocycles. The molecule has 0 spiro atoms. The van der Waals surface area contributed by atoms with Crippen LogP contribution >= 0.6 is 11.3 Å². The van der Waals surface area contributed by atoms with Gasteiger partial charge in [-0.3, -0.25) is 0 Å². The van der Waals surface area contributed by atoms with Crippen LogP contribution in [0.4, 0.5) is 0 Å². The van der Waals surface area contributed by atoms with Gasteiger partial charge in [0.2, 0.25) is 0 Å². The lowest BCUT2D eigenvalue weighted by atomic mass is 10.2. The van der Waals surface area contributed by atoms with E-state index < -0.39 is 5.97 Å². The van der Waals surface area contributed by atoms with Crippen molar-refractivity contribution >= 4 is 17.3 Å². The van der Waals surface area contributed by atoms with E-state index in [4.69, 9.17) is 5.11 Å². The number of aliphatic hydroxyl groups is 1. The SMILES string of the molecule is O=C(O)c1nnn(CCCCCCO)c1-c1cccs1. The Kier molecular flexibility index (Phi) is 5.25. The molecule has 0 fully saturated rings. The molecule has 0 bridgehead atoms. The highest BCUT2D eigenvalue weighted by molar-refractivity contribution is 7.13. The zero-order chi connectivity index (χ0) is 14.4. The first-order valence-corrected chi connectivity index (χ1v) is 7.43. The van der Waals surface area contributed by atoms with Crippen molar-refractivity contribution in [3.63, 3.8) is 0 Å². The molecule has 2 aromatic rings. The van der Waals surface area contributed by atoms with E-state index in [0.717, 1.165) is 30.6 Å². The van der Waals surface area contributed by atoms with Crippen LogP contribution in [0.2, 0.25) is 0 Å². The Labute approximate surface area is 120 Å². The smallest absolute Gasteiger partial charge is 0.358 e. The van der Waals surface area contributed by atoms with Crippen LogP contribution in [0.5, 0.6) is 0 Å². The summed E-state index contributed by atoms with van der Waals surface area (Å²) in [6.45, 7) is 0.853. The molecule has 2 N–H and O–H groups in total. The minimum Gasteiger partial charge on any atom is -0.476 e. The predicted octanol–water partition coefficient (Wildman–Crippen LogP) is 2.26. The van der Waals surface area contributed by atoms with E-state index in [9.17, 15) is 9.90 Å². The number of aromatic carboxylic acids is 1. The molecule has 2 heterocycles. The summed E-state index contributed by atoms with van der Waals surface area (Å²) < 4.78 is 1.66. The predicted molar refractivity (Wildman–Crippen MR) is 75.8 cm³/mol. The third kappa shape index (κ3) is 3.43. The Bertz CT molecular complexity index is 551. The van der Waals surface area contributed by atoms with Gasteiger partial charge < -0.3 is 10.2 Å². The monoisotopic (exact) mass is 295 g/mol. The molecular formula is C13H17N3O3S. The van der Waals surface area contributed by atoms with Crippen LogP contribution in [0.1, 0.15) is 36.2 Å². The molecule has 0 radical (unpaired) electrons. The lowest BCUT2D eigenvalue weighted by molar-refractivity contribution is 0.0691. The van der Waals surface area contributed by atoms with Crippen molar-refractivity contribution < 1.29 is 15.0 Å². The lowest BCUT2D eigenvalue weighted by Crippen LogP contribution is -2.04. The van der Waals surface area contributed by atoms with Gasteiger partial charge in [0.05, 0.1) is 4.88 Å². The maximum absolute atomic E-state index is 11.2. The molecule has 0 atom stereocenters. The number of unbranched alkanes of at least 4 members (excludes halogenated alkanes) is 3. The van der Waals surface area contributed by atoms with E-state index in [1.165, 1.54) is 11.3 Å². The minimum absolute atomic E-state index is 0.00260. The first-order chi connectivity index (χ1) is 9.74. The van der Waals surface area contributed by atoms with Crippen molar-refractivity contribution in [3.8, 4) is 10.6 Å². The molecule has 0 aliphatic carbocycles. The Morgan fingerprint density at radius 1 is 1.30 bits per heavy atom. The zero-order valence-electron chi connectivity index (χ0n) is 11.0. The second-order valence-electron chi connectivity index (χ2n) is 4.43. The zero-order valence-corrected chi connectivity index (χ0v) is 11.8. The number of hydrogen-bond acceptors (Lipinski definition) is 5. The van der Waals surface area contributed by atoms with E-state index in [2.05, 4.69) is 10.3 Å². The Balaban J connectivity index is 2.11. The first-order valence-electron chi connectivity index (χ1n) is 6.55. The Morgan fingerprint density at radius 2 is 2.10 bits per heavy atom. The van der Waals surface area contributed by atoms with E-state index in [1.54, 1.807) is 4.68 Å². The highest BCUT2D eigenvalue weighted by Gasteiger charge is 2.20. The fraction of sp³-hybridized carbons (Fsp3) is 0.462. The summed E-state index contributed by atoms with van der Waals surface area (Å²) in [5, 5.41) is 27.5.